The second-order valence-corrected chi connectivity index (χ2v) is 10.7. The third-order valence-corrected chi connectivity index (χ3v) is 7.69. The van der Waals surface area contributed by atoms with E-state index in [1.165, 1.54) is 16.8 Å². The molecule has 37 heavy (non-hydrogen) atoms. The largest absolute Gasteiger partial charge is 0.490 e. The van der Waals surface area contributed by atoms with Crippen molar-refractivity contribution in [1.82, 2.24) is 5.32 Å². The van der Waals surface area contributed by atoms with Gasteiger partial charge >= 0.3 is 0 Å². The van der Waals surface area contributed by atoms with E-state index in [2.05, 4.69) is 61.3 Å². The number of anilines is 1. The van der Waals surface area contributed by atoms with Gasteiger partial charge in [0.1, 0.15) is 12.3 Å². The standard InChI is InChI=1S/C31H33ClN2O3/c1-5-36-28-19-22(10-12-27(28)37-20-23-7-6-8-24(32)18-23)13-15-31-30(3,4)25-17-21(2)9-11-26(25)34(31)16-14-29(35)33-31/h6-13,15,17-19H,5,14,16,20H2,1-4H3,(H,33,35). The van der Waals surface area contributed by atoms with Crippen LogP contribution in [0.25, 0.3) is 6.08 Å². The molecule has 0 spiro atoms. The summed E-state index contributed by atoms with van der Waals surface area (Å²) in [6.07, 6.45) is 4.69. The van der Waals surface area contributed by atoms with Crippen molar-refractivity contribution in [3.8, 4) is 11.5 Å². The van der Waals surface area contributed by atoms with E-state index in [4.69, 9.17) is 21.1 Å². The molecule has 1 saturated heterocycles. The van der Waals surface area contributed by atoms with E-state index in [-0.39, 0.29) is 11.3 Å². The van der Waals surface area contributed by atoms with E-state index >= 15 is 0 Å². The van der Waals surface area contributed by atoms with Crippen LogP contribution < -0.4 is 19.7 Å². The number of ether oxygens (including phenoxy) is 2. The molecule has 0 radical (unpaired) electrons. The minimum atomic E-state index is -0.661. The zero-order valence-electron chi connectivity index (χ0n) is 21.8. The lowest BCUT2D eigenvalue weighted by Gasteiger charge is -2.49. The molecule has 1 N–H and O–H groups in total. The fourth-order valence-electron chi connectivity index (χ4n) is 5.49. The molecule has 2 aliphatic heterocycles. The fraction of sp³-hybridized carbons (Fsp3) is 0.323. The van der Waals surface area contributed by atoms with Crippen molar-refractivity contribution in [2.24, 2.45) is 0 Å². The number of carbonyl (C=O) groups excluding carboxylic acids is 1. The first-order valence-corrected chi connectivity index (χ1v) is 13.1. The van der Waals surface area contributed by atoms with Crippen molar-refractivity contribution in [1.29, 1.82) is 0 Å². The number of nitrogens with zero attached hydrogens (tertiary/aromatic N) is 1. The summed E-state index contributed by atoms with van der Waals surface area (Å²) in [6.45, 7) is 10.1. The summed E-state index contributed by atoms with van der Waals surface area (Å²) < 4.78 is 12.0. The molecule has 3 aromatic rings. The fourth-order valence-corrected chi connectivity index (χ4v) is 5.70. The van der Waals surface area contributed by atoms with Crippen LogP contribution in [0.3, 0.4) is 0 Å². The number of benzene rings is 3. The van der Waals surface area contributed by atoms with Gasteiger partial charge in [0.15, 0.2) is 11.5 Å². The second-order valence-electron chi connectivity index (χ2n) is 10.3. The molecule has 6 heteroatoms. The van der Waals surface area contributed by atoms with Gasteiger partial charge in [0.05, 0.1) is 6.61 Å². The summed E-state index contributed by atoms with van der Waals surface area (Å²) in [5.74, 6) is 1.42. The van der Waals surface area contributed by atoms with Gasteiger partial charge in [-0.25, -0.2) is 0 Å². The Labute approximate surface area is 224 Å². The van der Waals surface area contributed by atoms with Gasteiger partial charge in [-0.15, -0.1) is 0 Å². The number of hydrogen-bond donors (Lipinski definition) is 1. The van der Waals surface area contributed by atoms with Crippen LogP contribution in [0.15, 0.2) is 66.7 Å². The molecule has 5 rings (SSSR count). The molecule has 3 aromatic carbocycles. The van der Waals surface area contributed by atoms with E-state index in [9.17, 15) is 4.79 Å². The van der Waals surface area contributed by atoms with Gasteiger partial charge in [-0.05, 0) is 66.9 Å². The first-order chi connectivity index (χ1) is 17.7. The van der Waals surface area contributed by atoms with Gasteiger partial charge in [-0.3, -0.25) is 4.79 Å². The monoisotopic (exact) mass is 516 g/mol. The van der Waals surface area contributed by atoms with E-state index in [0.29, 0.717) is 42.7 Å². The maximum absolute atomic E-state index is 12.7. The Bertz CT molecular complexity index is 1370. The number of nitrogens with one attached hydrogen (secondary N) is 1. The molecular weight excluding hydrogens is 484 g/mol. The second kappa shape index (κ2) is 9.79. The molecule has 1 atom stereocenters. The van der Waals surface area contributed by atoms with Crippen LogP contribution in [-0.4, -0.2) is 24.7 Å². The summed E-state index contributed by atoms with van der Waals surface area (Å²) in [5.41, 5.74) is 4.61. The first-order valence-electron chi connectivity index (χ1n) is 12.8. The zero-order chi connectivity index (χ0) is 26.2. The molecule has 5 nitrogen and oxygen atoms in total. The Morgan fingerprint density at radius 2 is 1.89 bits per heavy atom. The predicted molar refractivity (Wildman–Crippen MR) is 149 cm³/mol. The summed E-state index contributed by atoms with van der Waals surface area (Å²) in [4.78, 5) is 15.0. The minimum absolute atomic E-state index is 0.0678. The van der Waals surface area contributed by atoms with Crippen LogP contribution in [0.1, 0.15) is 49.4 Å². The molecule has 2 heterocycles. The number of hydrogen-bond acceptors (Lipinski definition) is 4. The first kappa shape index (κ1) is 25.2. The molecule has 0 saturated carbocycles. The number of fused-ring (bicyclic) bond motifs is 3. The summed E-state index contributed by atoms with van der Waals surface area (Å²) in [5, 5.41) is 4.03. The quantitative estimate of drug-likeness (QED) is 0.382. The Hall–Kier alpha value is -3.44. The van der Waals surface area contributed by atoms with E-state index in [1.807, 2.05) is 49.4 Å². The lowest BCUT2D eigenvalue weighted by molar-refractivity contribution is -0.124. The summed E-state index contributed by atoms with van der Waals surface area (Å²) >= 11 is 6.11. The predicted octanol–water partition coefficient (Wildman–Crippen LogP) is 6.65. The zero-order valence-corrected chi connectivity index (χ0v) is 22.6. The average molecular weight is 517 g/mol. The molecule has 1 unspecified atom stereocenters. The van der Waals surface area contributed by atoms with Crippen molar-refractivity contribution in [2.45, 2.75) is 51.8 Å². The third kappa shape index (κ3) is 4.57. The van der Waals surface area contributed by atoms with E-state index in [1.54, 1.807) is 0 Å². The van der Waals surface area contributed by atoms with Crippen molar-refractivity contribution in [3.63, 3.8) is 0 Å². The molecule has 1 fully saturated rings. The highest BCUT2D eigenvalue weighted by atomic mass is 35.5. The molecule has 2 aliphatic rings. The van der Waals surface area contributed by atoms with Crippen LogP contribution in [0.4, 0.5) is 5.69 Å². The van der Waals surface area contributed by atoms with Crippen molar-refractivity contribution in [2.75, 3.05) is 18.1 Å². The SMILES string of the molecule is CCOc1cc(C=CC23NC(=O)CCN2c2ccc(C)cc2C3(C)C)ccc1OCc1cccc(Cl)c1. The molecule has 0 aromatic heterocycles. The summed E-state index contributed by atoms with van der Waals surface area (Å²) in [7, 11) is 0. The number of rotatable bonds is 7. The lowest BCUT2D eigenvalue weighted by Crippen LogP contribution is -2.68. The third-order valence-electron chi connectivity index (χ3n) is 7.46. The van der Waals surface area contributed by atoms with Gasteiger partial charge < -0.3 is 19.7 Å². The van der Waals surface area contributed by atoms with Crippen LogP contribution >= 0.6 is 11.6 Å². The summed E-state index contributed by atoms with van der Waals surface area (Å²) in [6, 6.07) is 20.1. The minimum Gasteiger partial charge on any atom is -0.490 e. The average Bonchev–Trinajstić information content (AvgIpc) is 3.05. The van der Waals surface area contributed by atoms with Gasteiger partial charge in [0.25, 0.3) is 0 Å². The number of carbonyl (C=O) groups is 1. The Morgan fingerprint density at radius 3 is 2.68 bits per heavy atom. The number of amides is 1. The lowest BCUT2D eigenvalue weighted by atomic mass is 9.74. The number of halogens is 1. The molecular formula is C31H33ClN2O3. The van der Waals surface area contributed by atoms with E-state index in [0.717, 1.165) is 11.1 Å². The van der Waals surface area contributed by atoms with Crippen LogP contribution in [0, 0.1) is 6.92 Å². The Balaban J connectivity index is 1.46. The van der Waals surface area contributed by atoms with Gasteiger partial charge in [0.2, 0.25) is 5.91 Å². The highest BCUT2D eigenvalue weighted by molar-refractivity contribution is 6.30. The smallest absolute Gasteiger partial charge is 0.223 e. The highest BCUT2D eigenvalue weighted by Gasteiger charge is 2.57. The normalized spacial score (nSPS) is 19.9. The maximum Gasteiger partial charge on any atom is 0.223 e. The highest BCUT2D eigenvalue weighted by Crippen LogP contribution is 2.52. The topological polar surface area (TPSA) is 50.8 Å². The molecule has 192 valence electrons. The van der Waals surface area contributed by atoms with E-state index < -0.39 is 5.66 Å². The van der Waals surface area contributed by atoms with Crippen molar-refractivity contribution >= 4 is 29.3 Å². The molecule has 1 amide bonds. The van der Waals surface area contributed by atoms with Crippen LogP contribution in [0.5, 0.6) is 11.5 Å². The Kier molecular flexibility index (Phi) is 6.67. The maximum atomic E-state index is 12.7. The molecule has 0 aliphatic carbocycles. The number of aryl methyl sites for hydroxylation is 1. The Morgan fingerprint density at radius 1 is 1.05 bits per heavy atom. The van der Waals surface area contributed by atoms with Gasteiger partial charge in [-0.2, -0.15) is 0 Å². The van der Waals surface area contributed by atoms with Crippen molar-refractivity contribution in [3.05, 3.63) is 94.0 Å². The van der Waals surface area contributed by atoms with Gasteiger partial charge in [0, 0.05) is 29.1 Å². The van der Waals surface area contributed by atoms with Gasteiger partial charge in [-0.1, -0.05) is 67.4 Å². The van der Waals surface area contributed by atoms with Crippen LogP contribution in [-0.2, 0) is 16.8 Å². The molecule has 0 bridgehead atoms. The van der Waals surface area contributed by atoms with Crippen molar-refractivity contribution < 1.29 is 14.3 Å². The van der Waals surface area contributed by atoms with Crippen LogP contribution in [0.2, 0.25) is 5.02 Å².